The van der Waals surface area contributed by atoms with Crippen LogP contribution in [0.5, 0.6) is 0 Å². The first-order chi connectivity index (χ1) is 22.8. The first-order valence-corrected chi connectivity index (χ1v) is 18.1. The van der Waals surface area contributed by atoms with Crippen LogP contribution in [-0.4, -0.2) is 37.9 Å². The first kappa shape index (κ1) is 32.7. The lowest BCUT2D eigenvalue weighted by Crippen LogP contribution is -2.62. The highest BCUT2D eigenvalue weighted by Crippen LogP contribution is 2.71. The van der Waals surface area contributed by atoms with Gasteiger partial charge in [0.2, 0.25) is 0 Å². The maximum Gasteiger partial charge on any atom is 0.192 e. The van der Waals surface area contributed by atoms with E-state index in [2.05, 4.69) is 77.8 Å². The number of allylic oxidation sites excluding steroid dienone is 4. The van der Waals surface area contributed by atoms with Gasteiger partial charge in [-0.1, -0.05) is 45.1 Å². The lowest BCUT2D eigenvalue weighted by molar-refractivity contribution is -0.144. The number of nitrogens with two attached hydrogens (primary N) is 1. The number of benzene rings is 1. The van der Waals surface area contributed by atoms with Crippen LogP contribution in [0, 0.1) is 39.9 Å². The molecule has 9 atom stereocenters. The molecular formula is C42H51N3O4. The molecule has 1 aromatic carbocycles. The Morgan fingerprint density at radius 2 is 1.86 bits per heavy atom. The average Bonchev–Trinajstić information content (AvgIpc) is 3.67. The second-order valence-electron chi connectivity index (χ2n) is 17.9. The maximum atomic E-state index is 14.8. The highest BCUT2D eigenvalue weighted by Gasteiger charge is 2.67. The second-order valence-corrected chi connectivity index (χ2v) is 17.9. The number of nitrogens with zero attached hydrogens (tertiary/aromatic N) is 2. The van der Waals surface area contributed by atoms with E-state index in [-0.39, 0.29) is 34.1 Å². The minimum atomic E-state index is -0.853. The predicted octanol–water partition coefficient (Wildman–Crippen LogP) is 7.52. The van der Waals surface area contributed by atoms with Crippen molar-refractivity contribution >= 4 is 22.3 Å². The van der Waals surface area contributed by atoms with E-state index in [0.717, 1.165) is 58.9 Å². The molecule has 8 rings (SSSR count). The van der Waals surface area contributed by atoms with Crippen LogP contribution in [0.3, 0.4) is 0 Å². The Balaban J connectivity index is 1.38. The molecular weight excluding hydrogens is 610 g/mol. The largest absolute Gasteiger partial charge is 0.392 e. The highest BCUT2D eigenvalue weighted by atomic mass is 16.5. The number of Topliss-reactive ketones (excluding diaryl/α,β-unsaturated/α-hetero) is 1. The number of ketones is 1. The average molecular weight is 662 g/mol. The molecule has 0 amide bonds. The van der Waals surface area contributed by atoms with E-state index in [4.69, 9.17) is 10.5 Å². The quantitative estimate of drug-likeness (QED) is 0.178. The van der Waals surface area contributed by atoms with E-state index in [1.807, 2.05) is 19.1 Å². The molecule has 0 saturated heterocycles. The molecule has 49 heavy (non-hydrogen) atoms. The Morgan fingerprint density at radius 3 is 2.53 bits per heavy atom. The van der Waals surface area contributed by atoms with Crippen LogP contribution in [0.25, 0.3) is 16.5 Å². The van der Waals surface area contributed by atoms with Crippen molar-refractivity contribution in [3.63, 3.8) is 0 Å². The third kappa shape index (κ3) is 3.86. The number of rotatable bonds is 3. The molecule has 2 aromatic rings. The number of hydrogen-bond donors (Lipinski definition) is 3. The maximum absolute atomic E-state index is 14.8. The number of carbonyl (C=O) groups is 1. The van der Waals surface area contributed by atoms with Crippen molar-refractivity contribution in [2.75, 3.05) is 0 Å². The SMILES string of the molecule is C=C(C)[C@H]1C(=O)c2c3c(cc4c5c(n1c24)[C@@]1(C)[C@@H](CC[C@H]2[C@](C)(/C=C/C=C(/N)C#N)[C@@H](O)CC[C@@]21C)C5)C1=CC(C)(C)OC(C)(C)[C@H]1[C@@H]3O. The fraction of sp³-hybridized carbons (Fsp3) is 0.571. The molecule has 3 heterocycles. The van der Waals surface area contributed by atoms with Crippen molar-refractivity contribution in [1.82, 2.24) is 4.57 Å². The highest BCUT2D eigenvalue weighted by molar-refractivity contribution is 6.18. The summed E-state index contributed by atoms with van der Waals surface area (Å²) in [4.78, 5) is 14.8. The molecule has 7 heteroatoms. The summed E-state index contributed by atoms with van der Waals surface area (Å²) in [6.45, 7) is 21.6. The second kappa shape index (κ2) is 9.87. The van der Waals surface area contributed by atoms with Crippen molar-refractivity contribution in [2.45, 2.75) is 122 Å². The summed E-state index contributed by atoms with van der Waals surface area (Å²) >= 11 is 0. The van der Waals surface area contributed by atoms with E-state index in [1.54, 1.807) is 6.08 Å². The number of nitriles is 1. The zero-order chi connectivity index (χ0) is 35.4. The van der Waals surface area contributed by atoms with E-state index in [0.29, 0.717) is 17.9 Å². The molecule has 2 aliphatic heterocycles. The molecule has 0 unspecified atom stereocenters. The van der Waals surface area contributed by atoms with Crippen LogP contribution >= 0.6 is 0 Å². The Morgan fingerprint density at radius 1 is 1.14 bits per heavy atom. The Labute approximate surface area is 290 Å². The minimum absolute atomic E-state index is 0.0294. The summed E-state index contributed by atoms with van der Waals surface area (Å²) in [5.41, 5.74) is 11.7. The van der Waals surface area contributed by atoms with Crippen LogP contribution in [0.15, 0.2) is 48.2 Å². The fourth-order valence-electron chi connectivity index (χ4n) is 12.5. The van der Waals surface area contributed by atoms with Crippen LogP contribution in [0.1, 0.15) is 126 Å². The topological polar surface area (TPSA) is 122 Å². The number of fused-ring (bicyclic) bond motifs is 11. The van der Waals surface area contributed by atoms with Crippen molar-refractivity contribution in [3.05, 3.63) is 76.2 Å². The van der Waals surface area contributed by atoms with Gasteiger partial charge in [-0.3, -0.25) is 4.79 Å². The smallest absolute Gasteiger partial charge is 0.192 e. The van der Waals surface area contributed by atoms with Gasteiger partial charge in [0.25, 0.3) is 0 Å². The first-order valence-electron chi connectivity index (χ1n) is 18.1. The molecule has 6 aliphatic rings. The lowest BCUT2D eigenvalue weighted by atomic mass is 9.40. The molecule has 0 bridgehead atoms. The Bertz CT molecular complexity index is 2020. The van der Waals surface area contributed by atoms with Gasteiger partial charge in [-0.25, -0.2) is 0 Å². The summed E-state index contributed by atoms with van der Waals surface area (Å²) in [7, 11) is 0. The number of ether oxygens (including phenoxy) is 1. The summed E-state index contributed by atoms with van der Waals surface area (Å²) < 4.78 is 8.87. The summed E-state index contributed by atoms with van der Waals surface area (Å²) in [5.74, 6) is 0.316. The molecule has 7 nitrogen and oxygen atoms in total. The normalized spacial score (nSPS) is 39.7. The van der Waals surface area contributed by atoms with Crippen LogP contribution in [0.4, 0.5) is 0 Å². The summed E-state index contributed by atoms with van der Waals surface area (Å²) in [5, 5.41) is 34.1. The van der Waals surface area contributed by atoms with Gasteiger partial charge in [-0.2, -0.15) is 5.26 Å². The van der Waals surface area contributed by atoms with Gasteiger partial charge in [0.05, 0.1) is 34.5 Å². The molecule has 0 radical (unpaired) electrons. The summed E-state index contributed by atoms with van der Waals surface area (Å²) in [6, 6.07) is 3.76. The zero-order valence-electron chi connectivity index (χ0n) is 30.3. The molecule has 1 aromatic heterocycles. The van der Waals surface area contributed by atoms with Crippen molar-refractivity contribution < 1.29 is 19.7 Å². The monoisotopic (exact) mass is 661 g/mol. The van der Waals surface area contributed by atoms with Gasteiger partial charge >= 0.3 is 0 Å². The van der Waals surface area contributed by atoms with Crippen LogP contribution in [0.2, 0.25) is 0 Å². The molecule has 2 saturated carbocycles. The lowest BCUT2D eigenvalue weighted by Gasteiger charge is -2.64. The Hall–Kier alpha value is -3.44. The van der Waals surface area contributed by atoms with Gasteiger partial charge in [0, 0.05) is 33.4 Å². The van der Waals surface area contributed by atoms with Crippen LogP contribution in [-0.2, 0) is 16.6 Å². The van der Waals surface area contributed by atoms with Gasteiger partial charge in [0.1, 0.15) is 17.8 Å². The Kier molecular flexibility index (Phi) is 6.60. The predicted molar refractivity (Wildman–Crippen MR) is 192 cm³/mol. The molecule has 0 spiro atoms. The minimum Gasteiger partial charge on any atom is -0.392 e. The van der Waals surface area contributed by atoms with E-state index in [1.165, 1.54) is 11.3 Å². The summed E-state index contributed by atoms with van der Waals surface area (Å²) in [6.07, 6.45) is 10.9. The van der Waals surface area contributed by atoms with Crippen molar-refractivity contribution in [1.29, 1.82) is 5.26 Å². The molecule has 4 N–H and O–H groups in total. The van der Waals surface area contributed by atoms with E-state index < -0.39 is 34.9 Å². The third-order valence-electron chi connectivity index (χ3n) is 14.5. The van der Waals surface area contributed by atoms with E-state index in [9.17, 15) is 20.3 Å². The number of hydrogen-bond acceptors (Lipinski definition) is 6. The molecule has 4 aliphatic carbocycles. The van der Waals surface area contributed by atoms with Gasteiger partial charge in [-0.05, 0) is 119 Å². The van der Waals surface area contributed by atoms with Crippen molar-refractivity contribution in [2.24, 2.45) is 34.3 Å². The van der Waals surface area contributed by atoms with Gasteiger partial charge in [-0.15, -0.1) is 0 Å². The fourth-order valence-corrected chi connectivity index (χ4v) is 12.5. The third-order valence-corrected chi connectivity index (χ3v) is 14.5. The number of aliphatic hydroxyl groups is 2. The van der Waals surface area contributed by atoms with Crippen LogP contribution < -0.4 is 5.73 Å². The molecule has 2 fully saturated rings. The number of aliphatic hydroxyl groups excluding tert-OH is 2. The zero-order valence-corrected chi connectivity index (χ0v) is 30.3. The number of aromatic nitrogens is 1. The van der Waals surface area contributed by atoms with Gasteiger partial charge in [0.15, 0.2) is 5.78 Å². The standard InChI is InChI=1S/C42H51N3O4/c1-21(2)33-36(48)31-30-24(27-19-38(3,4)49-39(5,6)32(27)35(30)47)18-25-26-17-22-12-13-28-40(7,15-10-11-23(44)20-43)29(46)14-16-41(28,8)42(22,9)37(26)45(33)34(25)31/h10-11,15,18-19,22,28-29,32-33,35,46-47H,1,12-14,16-17,44H2,2-9H3/b15-10+,23-11+/t22-,28-,29-,32+,33-,35+,40-,41-,42+/m0/s1. The van der Waals surface area contributed by atoms with Gasteiger partial charge < -0.3 is 25.3 Å². The van der Waals surface area contributed by atoms with Crippen molar-refractivity contribution in [3.8, 4) is 6.07 Å². The molecule has 258 valence electrons. The number of carbonyl (C=O) groups excluding carboxylic acids is 1. The van der Waals surface area contributed by atoms with E-state index >= 15 is 0 Å².